The van der Waals surface area contributed by atoms with Crippen molar-refractivity contribution in [2.24, 2.45) is 0 Å². The van der Waals surface area contributed by atoms with E-state index in [2.05, 4.69) is 17.2 Å². The number of hydrogen-bond donors (Lipinski definition) is 2. The lowest BCUT2D eigenvalue weighted by Gasteiger charge is -2.27. The molecular formula is C22H25N3O3. The van der Waals surface area contributed by atoms with Crippen molar-refractivity contribution in [1.82, 2.24) is 10.2 Å². The fraction of sp³-hybridized carbons (Fsp3) is 0.318. The van der Waals surface area contributed by atoms with Crippen molar-refractivity contribution in [3.8, 4) is 0 Å². The summed E-state index contributed by atoms with van der Waals surface area (Å²) in [6.45, 7) is 8.35. The van der Waals surface area contributed by atoms with Crippen LogP contribution in [0.2, 0.25) is 0 Å². The smallest absolute Gasteiger partial charge is 0.261 e. The number of nitrogens with one attached hydrogen (secondary N) is 2. The molecule has 0 radical (unpaired) electrons. The van der Waals surface area contributed by atoms with Crippen molar-refractivity contribution in [2.45, 2.75) is 32.7 Å². The van der Waals surface area contributed by atoms with E-state index in [1.165, 1.54) is 11.0 Å². The van der Waals surface area contributed by atoms with Crippen LogP contribution in [0.1, 0.15) is 47.4 Å². The molecule has 6 nitrogen and oxygen atoms in total. The molecule has 1 atom stereocenters. The zero-order valence-corrected chi connectivity index (χ0v) is 16.2. The molecule has 3 amide bonds. The normalized spacial score (nSPS) is 14.1. The fourth-order valence-corrected chi connectivity index (χ4v) is 3.52. The van der Waals surface area contributed by atoms with Gasteiger partial charge in [-0.25, -0.2) is 0 Å². The van der Waals surface area contributed by atoms with Gasteiger partial charge in [0.1, 0.15) is 0 Å². The lowest BCUT2D eigenvalue weighted by atomic mass is 9.93. The Morgan fingerprint density at radius 2 is 1.86 bits per heavy atom. The zero-order chi connectivity index (χ0) is 20.3. The molecule has 6 heteroatoms. The summed E-state index contributed by atoms with van der Waals surface area (Å²) >= 11 is 0. The highest BCUT2D eigenvalue weighted by atomic mass is 16.2. The standard InChI is InChI=1S/C22H25N3O3/c1-4-12-25-21(27)16-9-7-8-15-18(11-10-17(20(15)16)22(25)28)23-13-14(5-2)24-19(26)6-3/h6-11,14,23H,3-5,12-13H2,1-2H3,(H,24,26). The Labute approximate surface area is 164 Å². The summed E-state index contributed by atoms with van der Waals surface area (Å²) < 4.78 is 0. The van der Waals surface area contributed by atoms with Gasteiger partial charge in [0, 0.05) is 46.7 Å². The van der Waals surface area contributed by atoms with E-state index in [-0.39, 0.29) is 23.8 Å². The quantitative estimate of drug-likeness (QED) is 0.545. The SMILES string of the molecule is C=CC(=O)NC(CC)CNc1ccc2c3c(cccc13)C(=O)N(CCC)C2=O. The van der Waals surface area contributed by atoms with E-state index in [1.807, 2.05) is 32.0 Å². The van der Waals surface area contributed by atoms with E-state index in [9.17, 15) is 14.4 Å². The van der Waals surface area contributed by atoms with Crippen LogP contribution in [0.5, 0.6) is 0 Å². The Morgan fingerprint density at radius 3 is 2.50 bits per heavy atom. The Balaban J connectivity index is 1.95. The van der Waals surface area contributed by atoms with Crippen LogP contribution in [-0.4, -0.2) is 41.8 Å². The maximum atomic E-state index is 12.8. The fourth-order valence-electron chi connectivity index (χ4n) is 3.52. The Kier molecular flexibility index (Phi) is 5.78. The van der Waals surface area contributed by atoms with Crippen LogP contribution < -0.4 is 10.6 Å². The second-order valence-electron chi connectivity index (χ2n) is 6.85. The molecule has 2 aromatic rings. The van der Waals surface area contributed by atoms with Crippen molar-refractivity contribution in [3.63, 3.8) is 0 Å². The topological polar surface area (TPSA) is 78.5 Å². The van der Waals surface area contributed by atoms with Crippen molar-refractivity contribution in [1.29, 1.82) is 0 Å². The van der Waals surface area contributed by atoms with Crippen LogP contribution in [0, 0.1) is 0 Å². The van der Waals surface area contributed by atoms with Crippen LogP contribution in [0.3, 0.4) is 0 Å². The third-order valence-electron chi connectivity index (χ3n) is 5.00. The van der Waals surface area contributed by atoms with E-state index in [0.29, 0.717) is 29.6 Å². The molecule has 1 aliphatic rings. The summed E-state index contributed by atoms with van der Waals surface area (Å²) in [6.07, 6.45) is 2.73. The molecule has 28 heavy (non-hydrogen) atoms. The van der Waals surface area contributed by atoms with Gasteiger partial charge in [-0.15, -0.1) is 0 Å². The minimum Gasteiger partial charge on any atom is -0.382 e. The Morgan fingerprint density at radius 1 is 1.14 bits per heavy atom. The molecular weight excluding hydrogens is 354 g/mol. The monoisotopic (exact) mass is 379 g/mol. The predicted molar refractivity (Wildman–Crippen MR) is 111 cm³/mol. The van der Waals surface area contributed by atoms with Gasteiger partial charge in [-0.05, 0) is 37.1 Å². The number of rotatable bonds is 8. The Bertz CT molecular complexity index is 929. The molecule has 2 aromatic carbocycles. The molecule has 0 bridgehead atoms. The lowest BCUT2D eigenvalue weighted by molar-refractivity contribution is -0.117. The van der Waals surface area contributed by atoms with E-state index < -0.39 is 0 Å². The van der Waals surface area contributed by atoms with Crippen molar-refractivity contribution >= 4 is 34.2 Å². The summed E-state index contributed by atoms with van der Waals surface area (Å²) in [5, 5.41) is 7.75. The molecule has 2 N–H and O–H groups in total. The number of carbonyl (C=O) groups excluding carboxylic acids is 3. The van der Waals surface area contributed by atoms with Crippen LogP contribution in [0.15, 0.2) is 43.0 Å². The van der Waals surface area contributed by atoms with Crippen molar-refractivity contribution in [3.05, 3.63) is 54.1 Å². The maximum Gasteiger partial charge on any atom is 0.261 e. The molecule has 0 fully saturated rings. The second kappa shape index (κ2) is 8.25. The molecule has 146 valence electrons. The van der Waals surface area contributed by atoms with Gasteiger partial charge in [0.05, 0.1) is 0 Å². The molecule has 0 saturated carbocycles. The average molecular weight is 379 g/mol. The minimum absolute atomic E-state index is 0.0559. The highest BCUT2D eigenvalue weighted by Crippen LogP contribution is 2.34. The number of anilines is 1. The number of benzene rings is 2. The van der Waals surface area contributed by atoms with Gasteiger partial charge < -0.3 is 10.6 Å². The molecule has 0 aliphatic carbocycles. The van der Waals surface area contributed by atoms with Crippen LogP contribution in [-0.2, 0) is 4.79 Å². The van der Waals surface area contributed by atoms with Crippen molar-refractivity contribution < 1.29 is 14.4 Å². The largest absolute Gasteiger partial charge is 0.382 e. The number of nitrogens with zero attached hydrogens (tertiary/aromatic N) is 1. The molecule has 1 aliphatic heterocycles. The first-order chi connectivity index (χ1) is 13.5. The van der Waals surface area contributed by atoms with E-state index >= 15 is 0 Å². The highest BCUT2D eigenvalue weighted by Gasteiger charge is 2.32. The highest BCUT2D eigenvalue weighted by molar-refractivity contribution is 6.26. The summed E-state index contributed by atoms with van der Waals surface area (Å²) in [5.41, 5.74) is 1.93. The number of imide groups is 1. The third kappa shape index (κ3) is 3.50. The summed E-state index contributed by atoms with van der Waals surface area (Å²) in [6, 6.07) is 9.09. The minimum atomic E-state index is -0.244. The van der Waals surface area contributed by atoms with Gasteiger partial charge in [-0.3, -0.25) is 19.3 Å². The molecule has 0 saturated heterocycles. The van der Waals surface area contributed by atoms with E-state index in [0.717, 1.165) is 23.9 Å². The molecule has 1 unspecified atom stereocenters. The van der Waals surface area contributed by atoms with Crippen molar-refractivity contribution in [2.75, 3.05) is 18.4 Å². The average Bonchev–Trinajstić information content (AvgIpc) is 2.72. The van der Waals surface area contributed by atoms with E-state index in [1.54, 1.807) is 12.1 Å². The predicted octanol–water partition coefficient (Wildman–Crippen LogP) is 3.34. The van der Waals surface area contributed by atoms with Crippen LogP contribution >= 0.6 is 0 Å². The van der Waals surface area contributed by atoms with Crippen LogP contribution in [0.25, 0.3) is 10.8 Å². The molecule has 0 aromatic heterocycles. The van der Waals surface area contributed by atoms with Gasteiger partial charge in [0.25, 0.3) is 11.8 Å². The third-order valence-corrected chi connectivity index (χ3v) is 5.00. The first-order valence-corrected chi connectivity index (χ1v) is 9.60. The summed E-state index contributed by atoms with van der Waals surface area (Å²) in [4.78, 5) is 38.5. The number of carbonyl (C=O) groups is 3. The first kappa shape index (κ1) is 19.6. The van der Waals surface area contributed by atoms with Gasteiger partial charge in [-0.1, -0.05) is 32.6 Å². The molecule has 3 rings (SSSR count). The maximum absolute atomic E-state index is 12.8. The second-order valence-corrected chi connectivity index (χ2v) is 6.85. The summed E-state index contributed by atoms with van der Waals surface area (Å²) in [7, 11) is 0. The number of amides is 3. The number of hydrogen-bond acceptors (Lipinski definition) is 4. The van der Waals surface area contributed by atoms with Gasteiger partial charge in [0.15, 0.2) is 0 Å². The summed E-state index contributed by atoms with van der Waals surface area (Å²) in [5.74, 6) is -0.698. The Hall–Kier alpha value is -3.15. The van der Waals surface area contributed by atoms with Gasteiger partial charge >= 0.3 is 0 Å². The lowest BCUT2D eigenvalue weighted by Crippen LogP contribution is -2.40. The van der Waals surface area contributed by atoms with E-state index in [4.69, 9.17) is 0 Å². The first-order valence-electron chi connectivity index (χ1n) is 9.60. The van der Waals surface area contributed by atoms with Gasteiger partial charge in [-0.2, -0.15) is 0 Å². The zero-order valence-electron chi connectivity index (χ0n) is 16.2. The van der Waals surface area contributed by atoms with Gasteiger partial charge in [0.2, 0.25) is 5.91 Å². The molecule has 1 heterocycles. The molecule has 0 spiro atoms. The van der Waals surface area contributed by atoms with Crippen LogP contribution in [0.4, 0.5) is 5.69 Å².